The third-order valence-electron chi connectivity index (χ3n) is 6.14. The molecule has 35 heavy (non-hydrogen) atoms. The van der Waals surface area contributed by atoms with Gasteiger partial charge in [0.2, 0.25) is 0 Å². The number of amides is 2. The molecule has 5 rings (SSSR count). The van der Waals surface area contributed by atoms with Crippen LogP contribution in [0.1, 0.15) is 44.9 Å². The van der Waals surface area contributed by atoms with Gasteiger partial charge in [-0.1, -0.05) is 36.4 Å². The van der Waals surface area contributed by atoms with Gasteiger partial charge in [-0.2, -0.15) is 0 Å². The lowest BCUT2D eigenvalue weighted by molar-refractivity contribution is 0.0974. The van der Waals surface area contributed by atoms with Crippen LogP contribution in [0.15, 0.2) is 82.0 Å². The summed E-state index contributed by atoms with van der Waals surface area (Å²) in [7, 11) is 0. The molecule has 0 aliphatic carbocycles. The van der Waals surface area contributed by atoms with Crippen LogP contribution in [-0.2, 0) is 12.8 Å². The fourth-order valence-corrected chi connectivity index (χ4v) is 4.39. The summed E-state index contributed by atoms with van der Waals surface area (Å²) < 4.78 is 11.6. The Bertz CT molecular complexity index is 1480. The molecule has 0 saturated carbocycles. The smallest absolute Gasteiger partial charge is 0.284 e. The summed E-state index contributed by atoms with van der Waals surface area (Å²) in [5.74, 6) is -0.687. The third-order valence-corrected chi connectivity index (χ3v) is 6.14. The lowest BCUT2D eigenvalue weighted by Gasteiger charge is -2.10. The number of para-hydroxylation sites is 1. The standard InChI is InChI=1S/C28H24N2O5/c29-27(32)25-16-23(31)21-10-5-11-22(26(21)35-25)30-28(33)18-12-13-24-19(14-18)15-20(34-24)9-4-8-17-6-2-1-3-7-17/h1-3,5-7,10-14,16,20H,4,8-9,15H2,(H2,29,32)(H,30,33). The molecular weight excluding hydrogens is 444 g/mol. The molecule has 176 valence electrons. The largest absolute Gasteiger partial charge is 0.490 e. The Morgan fingerprint density at radius 1 is 1.00 bits per heavy atom. The molecule has 3 N–H and O–H groups in total. The van der Waals surface area contributed by atoms with Gasteiger partial charge in [-0.05, 0) is 60.7 Å². The predicted molar refractivity (Wildman–Crippen MR) is 133 cm³/mol. The van der Waals surface area contributed by atoms with Crippen molar-refractivity contribution in [3.8, 4) is 5.75 Å². The van der Waals surface area contributed by atoms with Crippen LogP contribution in [0.4, 0.5) is 5.69 Å². The molecular formula is C28H24N2O5. The topological polar surface area (TPSA) is 112 Å². The summed E-state index contributed by atoms with van der Waals surface area (Å²) in [5, 5.41) is 3.03. The maximum Gasteiger partial charge on any atom is 0.284 e. The molecule has 1 aliphatic heterocycles. The van der Waals surface area contributed by atoms with E-state index in [1.807, 2.05) is 30.3 Å². The number of ether oxygens (including phenoxy) is 1. The van der Waals surface area contributed by atoms with Gasteiger partial charge < -0.3 is 20.2 Å². The fraction of sp³-hybridized carbons (Fsp3) is 0.179. The lowest BCUT2D eigenvalue weighted by atomic mass is 10.0. The number of anilines is 1. The Kier molecular flexibility index (Phi) is 6.06. The van der Waals surface area contributed by atoms with Gasteiger partial charge >= 0.3 is 0 Å². The quantitative estimate of drug-likeness (QED) is 0.416. The van der Waals surface area contributed by atoms with E-state index in [9.17, 15) is 14.4 Å². The van der Waals surface area contributed by atoms with E-state index >= 15 is 0 Å². The summed E-state index contributed by atoms with van der Waals surface area (Å²) in [5.41, 5.74) is 8.00. The maximum absolute atomic E-state index is 13.0. The van der Waals surface area contributed by atoms with E-state index in [-0.39, 0.29) is 34.4 Å². The highest BCUT2D eigenvalue weighted by molar-refractivity contribution is 6.08. The highest BCUT2D eigenvalue weighted by atomic mass is 16.5. The predicted octanol–water partition coefficient (Wildman–Crippen LogP) is 4.47. The second-order valence-electron chi connectivity index (χ2n) is 8.62. The minimum atomic E-state index is -0.859. The molecule has 0 saturated heterocycles. The van der Waals surface area contributed by atoms with Crippen LogP contribution in [0.25, 0.3) is 11.0 Å². The number of aryl methyl sites for hydroxylation is 1. The highest BCUT2D eigenvalue weighted by Gasteiger charge is 2.24. The van der Waals surface area contributed by atoms with Gasteiger partial charge in [-0.3, -0.25) is 14.4 Å². The minimum absolute atomic E-state index is 0.0894. The van der Waals surface area contributed by atoms with Crippen LogP contribution in [0.3, 0.4) is 0 Å². The highest BCUT2D eigenvalue weighted by Crippen LogP contribution is 2.32. The van der Waals surface area contributed by atoms with E-state index in [1.54, 1.807) is 24.3 Å². The van der Waals surface area contributed by atoms with Crippen molar-refractivity contribution in [1.82, 2.24) is 0 Å². The molecule has 1 atom stereocenters. The zero-order valence-electron chi connectivity index (χ0n) is 19.0. The van der Waals surface area contributed by atoms with E-state index in [0.717, 1.165) is 43.1 Å². The van der Waals surface area contributed by atoms with Crippen LogP contribution >= 0.6 is 0 Å². The first-order valence-corrected chi connectivity index (χ1v) is 11.5. The van der Waals surface area contributed by atoms with Gasteiger partial charge in [0.05, 0.1) is 11.1 Å². The Hall–Kier alpha value is -4.39. The zero-order chi connectivity index (χ0) is 24.4. The second-order valence-corrected chi connectivity index (χ2v) is 8.62. The molecule has 0 radical (unpaired) electrons. The molecule has 1 aromatic heterocycles. The van der Waals surface area contributed by atoms with Crippen LogP contribution in [-0.4, -0.2) is 17.9 Å². The number of hydrogen-bond acceptors (Lipinski definition) is 5. The molecule has 3 aromatic carbocycles. The van der Waals surface area contributed by atoms with Crippen molar-refractivity contribution in [3.63, 3.8) is 0 Å². The average molecular weight is 469 g/mol. The first-order valence-electron chi connectivity index (χ1n) is 11.5. The third kappa shape index (κ3) is 4.80. The SMILES string of the molecule is NC(=O)c1cc(=O)c2cccc(NC(=O)c3ccc4c(c3)CC(CCCc3ccccc3)O4)c2o1. The lowest BCUT2D eigenvalue weighted by Crippen LogP contribution is -2.16. The van der Waals surface area contributed by atoms with Crippen molar-refractivity contribution in [2.45, 2.75) is 31.8 Å². The molecule has 2 heterocycles. The minimum Gasteiger partial charge on any atom is -0.490 e. The summed E-state index contributed by atoms with van der Waals surface area (Å²) in [6, 6.07) is 21.6. The van der Waals surface area contributed by atoms with Gasteiger partial charge in [0.15, 0.2) is 16.8 Å². The summed E-state index contributed by atoms with van der Waals surface area (Å²) in [6.45, 7) is 0. The molecule has 7 heteroatoms. The fourth-order valence-electron chi connectivity index (χ4n) is 4.39. The molecule has 0 bridgehead atoms. The van der Waals surface area contributed by atoms with Crippen LogP contribution in [0, 0.1) is 0 Å². The monoisotopic (exact) mass is 468 g/mol. The van der Waals surface area contributed by atoms with Crippen LogP contribution in [0.5, 0.6) is 5.75 Å². The average Bonchev–Trinajstić information content (AvgIpc) is 3.27. The maximum atomic E-state index is 13.0. The van der Waals surface area contributed by atoms with Gasteiger partial charge in [0.25, 0.3) is 11.8 Å². The number of carbonyl (C=O) groups is 2. The van der Waals surface area contributed by atoms with Gasteiger partial charge in [-0.25, -0.2) is 0 Å². The number of primary amides is 1. The summed E-state index contributed by atoms with van der Waals surface area (Å²) >= 11 is 0. The number of carbonyl (C=O) groups excluding carboxylic acids is 2. The van der Waals surface area contributed by atoms with Crippen molar-refractivity contribution < 1.29 is 18.7 Å². The number of benzene rings is 3. The van der Waals surface area contributed by atoms with Crippen LogP contribution < -0.4 is 21.2 Å². The molecule has 0 spiro atoms. The van der Waals surface area contributed by atoms with Crippen molar-refractivity contribution >= 4 is 28.5 Å². The normalized spacial score (nSPS) is 14.3. The molecule has 2 amide bonds. The second kappa shape index (κ2) is 9.46. The van der Waals surface area contributed by atoms with Crippen molar-refractivity contribution in [1.29, 1.82) is 0 Å². The first kappa shape index (κ1) is 22.4. The Balaban J connectivity index is 1.28. The summed E-state index contributed by atoms with van der Waals surface area (Å²) in [6.07, 6.45) is 3.80. The zero-order valence-corrected chi connectivity index (χ0v) is 19.0. The van der Waals surface area contributed by atoms with Gasteiger partial charge in [-0.15, -0.1) is 0 Å². The molecule has 1 aliphatic rings. The Morgan fingerprint density at radius 3 is 2.63 bits per heavy atom. The van der Waals surface area contributed by atoms with E-state index in [0.29, 0.717) is 5.56 Å². The van der Waals surface area contributed by atoms with Gasteiger partial charge in [0.1, 0.15) is 11.9 Å². The number of hydrogen-bond donors (Lipinski definition) is 2. The number of nitrogens with two attached hydrogens (primary N) is 1. The van der Waals surface area contributed by atoms with Crippen LogP contribution in [0.2, 0.25) is 0 Å². The van der Waals surface area contributed by atoms with Crippen molar-refractivity contribution in [2.24, 2.45) is 5.73 Å². The van der Waals surface area contributed by atoms with Gasteiger partial charge in [0, 0.05) is 18.1 Å². The number of rotatable bonds is 7. The molecule has 4 aromatic rings. The van der Waals surface area contributed by atoms with Crippen molar-refractivity contribution in [3.05, 3.63) is 105 Å². The van der Waals surface area contributed by atoms with E-state index in [4.69, 9.17) is 14.9 Å². The Morgan fingerprint density at radius 2 is 1.83 bits per heavy atom. The van der Waals surface area contributed by atoms with E-state index in [1.165, 1.54) is 5.56 Å². The molecule has 7 nitrogen and oxygen atoms in total. The summed E-state index contributed by atoms with van der Waals surface area (Å²) in [4.78, 5) is 36.9. The Labute approximate surface area is 201 Å². The molecule has 0 fully saturated rings. The van der Waals surface area contributed by atoms with Crippen molar-refractivity contribution in [2.75, 3.05) is 5.32 Å². The number of nitrogens with one attached hydrogen (secondary N) is 1. The van der Waals surface area contributed by atoms with E-state index < -0.39 is 11.3 Å². The number of fused-ring (bicyclic) bond motifs is 2. The molecule has 1 unspecified atom stereocenters. The first-order chi connectivity index (χ1) is 17.0. The van der Waals surface area contributed by atoms with E-state index in [2.05, 4.69) is 17.4 Å².